The number of nitro benzene ring substituents is 1. The predicted octanol–water partition coefficient (Wildman–Crippen LogP) is 0.350. The van der Waals surface area contributed by atoms with E-state index in [1.807, 2.05) is 0 Å². The van der Waals surface area contributed by atoms with Gasteiger partial charge in [0.1, 0.15) is 0 Å². The molecule has 0 aliphatic rings. The summed E-state index contributed by atoms with van der Waals surface area (Å²) in [5, 5.41) is 12.6. The Labute approximate surface area is 147 Å². The van der Waals surface area contributed by atoms with E-state index in [-0.39, 0.29) is 23.0 Å². The number of rotatable bonds is 5. The highest BCUT2D eigenvalue weighted by atomic mass is 32.1. The number of ether oxygens (including phenoxy) is 1. The van der Waals surface area contributed by atoms with Crippen LogP contribution in [0.2, 0.25) is 0 Å². The third kappa shape index (κ3) is 7.18. The molecule has 0 heterocycles. The van der Waals surface area contributed by atoms with E-state index in [1.54, 1.807) is 6.92 Å². The summed E-state index contributed by atoms with van der Waals surface area (Å²) in [5.41, 5.74) is 4.21. The van der Waals surface area contributed by atoms with Crippen LogP contribution in [0, 0.1) is 10.1 Å². The first kappa shape index (κ1) is 19.7. The van der Waals surface area contributed by atoms with Gasteiger partial charge < -0.3 is 4.74 Å². The van der Waals surface area contributed by atoms with Crippen LogP contribution in [0.15, 0.2) is 36.4 Å². The molecule has 1 aromatic carbocycles. The highest BCUT2D eigenvalue weighted by Crippen LogP contribution is 2.12. The van der Waals surface area contributed by atoms with Gasteiger partial charge >= 0.3 is 5.97 Å². The summed E-state index contributed by atoms with van der Waals surface area (Å²) in [6.45, 7) is 1.79. The molecule has 10 nitrogen and oxygen atoms in total. The maximum atomic E-state index is 11.9. The summed E-state index contributed by atoms with van der Waals surface area (Å²) in [4.78, 5) is 44.4. The van der Waals surface area contributed by atoms with Gasteiger partial charge in [-0.1, -0.05) is 6.07 Å². The van der Waals surface area contributed by atoms with Gasteiger partial charge in [0.2, 0.25) is 5.91 Å². The van der Waals surface area contributed by atoms with E-state index in [0.29, 0.717) is 0 Å². The number of hydrazine groups is 1. The maximum absolute atomic E-state index is 11.9. The fourth-order valence-electron chi connectivity index (χ4n) is 1.47. The van der Waals surface area contributed by atoms with Gasteiger partial charge in [0.15, 0.2) is 5.11 Å². The molecule has 132 valence electrons. The molecule has 0 radical (unpaired) electrons. The Balaban J connectivity index is 2.49. The largest absolute Gasteiger partial charge is 0.463 e. The minimum absolute atomic E-state index is 0.0260. The molecule has 2 amide bonds. The number of non-ortho nitro benzene ring substituents is 1. The van der Waals surface area contributed by atoms with E-state index in [1.165, 1.54) is 18.2 Å². The van der Waals surface area contributed by atoms with Crippen molar-refractivity contribution in [2.75, 3.05) is 6.61 Å². The SMILES string of the molecule is CCOC(=O)/C=C/C(=O)NC(=S)NNC(=O)c1cccc([N+](=O)[O-])c1. The van der Waals surface area contributed by atoms with Crippen LogP contribution in [0.5, 0.6) is 0 Å². The lowest BCUT2D eigenvalue weighted by Crippen LogP contribution is -2.48. The molecule has 1 aromatic rings. The van der Waals surface area contributed by atoms with Crippen molar-refractivity contribution in [1.29, 1.82) is 0 Å². The normalized spacial score (nSPS) is 9.96. The molecule has 0 fully saturated rings. The Morgan fingerprint density at radius 1 is 1.28 bits per heavy atom. The third-order valence-corrected chi connectivity index (χ3v) is 2.71. The van der Waals surface area contributed by atoms with Crippen LogP contribution in [-0.2, 0) is 14.3 Å². The van der Waals surface area contributed by atoms with Crippen molar-refractivity contribution in [3.05, 3.63) is 52.1 Å². The standard InChI is InChI=1S/C14H14N4O6S/c1-2-24-12(20)7-6-11(19)15-14(25)17-16-13(21)9-4-3-5-10(8-9)18(22)23/h3-8H,2H2,1H3,(H,16,21)(H2,15,17,19,25)/b7-6+. The second-order valence-electron chi connectivity index (χ2n) is 4.29. The summed E-state index contributed by atoms with van der Waals surface area (Å²) in [6.07, 6.45) is 1.83. The Kier molecular flexibility index (Phi) is 7.66. The van der Waals surface area contributed by atoms with E-state index >= 15 is 0 Å². The summed E-state index contributed by atoms with van der Waals surface area (Å²) < 4.78 is 4.59. The highest BCUT2D eigenvalue weighted by Gasteiger charge is 2.11. The average Bonchev–Trinajstić information content (AvgIpc) is 2.58. The average molecular weight is 366 g/mol. The van der Waals surface area contributed by atoms with Crippen molar-refractivity contribution in [2.24, 2.45) is 0 Å². The molecular weight excluding hydrogens is 352 g/mol. The Bertz CT molecular complexity index is 734. The number of esters is 1. The zero-order valence-electron chi connectivity index (χ0n) is 13.0. The minimum atomic E-state index is -0.713. The number of carbonyl (C=O) groups is 3. The first-order chi connectivity index (χ1) is 11.8. The fraction of sp³-hybridized carbons (Fsp3) is 0.143. The molecule has 0 bridgehead atoms. The van der Waals surface area contributed by atoms with Crippen LogP contribution < -0.4 is 16.2 Å². The van der Waals surface area contributed by atoms with Gasteiger partial charge in [0.05, 0.1) is 11.5 Å². The Hall–Kier alpha value is -3.34. The third-order valence-electron chi connectivity index (χ3n) is 2.50. The molecule has 0 aliphatic carbocycles. The fourth-order valence-corrected chi connectivity index (χ4v) is 1.62. The van der Waals surface area contributed by atoms with E-state index in [0.717, 1.165) is 18.2 Å². The summed E-state index contributed by atoms with van der Waals surface area (Å²) in [6, 6.07) is 5.05. The summed E-state index contributed by atoms with van der Waals surface area (Å²) in [5.74, 6) is -2.09. The van der Waals surface area contributed by atoms with Gasteiger partial charge in [-0.05, 0) is 25.2 Å². The lowest BCUT2D eigenvalue weighted by atomic mass is 10.2. The number of nitrogens with zero attached hydrogens (tertiary/aromatic N) is 1. The number of hydrogen-bond acceptors (Lipinski definition) is 7. The van der Waals surface area contributed by atoms with Gasteiger partial charge in [0.25, 0.3) is 11.6 Å². The zero-order valence-corrected chi connectivity index (χ0v) is 13.8. The lowest BCUT2D eigenvalue weighted by molar-refractivity contribution is -0.384. The Morgan fingerprint density at radius 2 is 2.00 bits per heavy atom. The van der Waals surface area contributed by atoms with Crippen molar-refractivity contribution >= 4 is 40.8 Å². The van der Waals surface area contributed by atoms with Crippen molar-refractivity contribution in [2.45, 2.75) is 6.92 Å². The maximum Gasteiger partial charge on any atom is 0.330 e. The second kappa shape index (κ2) is 9.72. The monoisotopic (exact) mass is 366 g/mol. The van der Waals surface area contributed by atoms with E-state index < -0.39 is 22.7 Å². The highest BCUT2D eigenvalue weighted by molar-refractivity contribution is 7.80. The van der Waals surface area contributed by atoms with Crippen molar-refractivity contribution in [3.8, 4) is 0 Å². The molecular formula is C14H14N4O6S. The van der Waals surface area contributed by atoms with Crippen molar-refractivity contribution in [1.82, 2.24) is 16.2 Å². The lowest BCUT2D eigenvalue weighted by Gasteiger charge is -2.09. The van der Waals surface area contributed by atoms with Gasteiger partial charge in [-0.3, -0.25) is 35.9 Å². The number of nitro groups is 1. The first-order valence-electron chi connectivity index (χ1n) is 6.84. The van der Waals surface area contributed by atoms with Gasteiger partial charge in [-0.15, -0.1) is 0 Å². The molecule has 0 saturated heterocycles. The first-order valence-corrected chi connectivity index (χ1v) is 7.25. The van der Waals surface area contributed by atoms with Crippen molar-refractivity contribution in [3.63, 3.8) is 0 Å². The van der Waals surface area contributed by atoms with Crippen LogP contribution in [-0.4, -0.2) is 34.4 Å². The van der Waals surface area contributed by atoms with Gasteiger partial charge in [-0.2, -0.15) is 0 Å². The smallest absolute Gasteiger partial charge is 0.330 e. The quantitative estimate of drug-likeness (QED) is 0.223. The molecule has 1 rings (SSSR count). The predicted molar refractivity (Wildman–Crippen MR) is 90.2 cm³/mol. The van der Waals surface area contributed by atoms with Crippen LogP contribution in [0.1, 0.15) is 17.3 Å². The molecule has 3 N–H and O–H groups in total. The van der Waals surface area contributed by atoms with Crippen LogP contribution in [0.4, 0.5) is 5.69 Å². The van der Waals surface area contributed by atoms with E-state index in [9.17, 15) is 24.5 Å². The topological polar surface area (TPSA) is 140 Å². The van der Waals surface area contributed by atoms with Crippen LogP contribution in [0.25, 0.3) is 0 Å². The number of thiocarbonyl (C=S) groups is 1. The second-order valence-corrected chi connectivity index (χ2v) is 4.70. The summed E-state index contributed by atoms with van der Waals surface area (Å²) >= 11 is 4.78. The molecule has 0 atom stereocenters. The molecule has 11 heteroatoms. The number of hydrogen-bond donors (Lipinski definition) is 3. The van der Waals surface area contributed by atoms with Crippen molar-refractivity contribution < 1.29 is 24.0 Å². The number of carbonyl (C=O) groups excluding carboxylic acids is 3. The number of amides is 2. The van der Waals surface area contributed by atoms with Gasteiger partial charge in [0, 0.05) is 29.8 Å². The van der Waals surface area contributed by atoms with E-state index in [4.69, 9.17) is 12.2 Å². The van der Waals surface area contributed by atoms with Crippen LogP contribution in [0.3, 0.4) is 0 Å². The van der Waals surface area contributed by atoms with Gasteiger partial charge in [-0.25, -0.2) is 4.79 Å². The molecule has 0 unspecified atom stereocenters. The minimum Gasteiger partial charge on any atom is -0.463 e. The van der Waals surface area contributed by atoms with E-state index in [2.05, 4.69) is 20.9 Å². The molecule has 0 spiro atoms. The Morgan fingerprint density at radius 3 is 2.64 bits per heavy atom. The number of nitrogens with one attached hydrogen (secondary N) is 3. The summed E-state index contributed by atoms with van der Waals surface area (Å²) in [7, 11) is 0. The molecule has 0 aromatic heterocycles. The molecule has 25 heavy (non-hydrogen) atoms. The molecule has 0 aliphatic heterocycles. The molecule has 0 saturated carbocycles. The number of benzene rings is 1. The zero-order chi connectivity index (χ0) is 18.8. The van der Waals surface area contributed by atoms with Crippen LogP contribution >= 0.6 is 12.2 Å².